The minimum Gasteiger partial charge on any atom is -0.481 e. The Kier molecular flexibility index (Phi) is 5.16. The highest BCUT2D eigenvalue weighted by Gasteiger charge is 2.17. The molecular formula is C17H21N3O3. The number of nitrogens with zero attached hydrogens (tertiary/aromatic N) is 2. The maximum Gasteiger partial charge on any atom is 0.303 e. The van der Waals surface area contributed by atoms with Crippen molar-refractivity contribution in [1.29, 1.82) is 0 Å². The fraction of sp³-hybridized carbons (Fsp3) is 0.353. The van der Waals surface area contributed by atoms with E-state index in [-0.39, 0.29) is 18.2 Å². The second kappa shape index (κ2) is 7.09. The standard InChI is InChI=1S/C17H21N3O3/c1-11(8-16(21)22)9-18-17(23)14-10-19-20(13(14)3)15-7-5-4-6-12(15)2/h4-7,10-11H,8-9H2,1-3H3,(H,18,23)(H,21,22)/t11-/m1/s1. The molecule has 2 N–H and O–H groups in total. The molecule has 2 aromatic rings. The fourth-order valence-electron chi connectivity index (χ4n) is 2.41. The summed E-state index contributed by atoms with van der Waals surface area (Å²) in [5.74, 6) is -1.22. The number of amides is 1. The van der Waals surface area contributed by atoms with Crippen molar-refractivity contribution in [3.63, 3.8) is 0 Å². The van der Waals surface area contributed by atoms with Gasteiger partial charge in [0.2, 0.25) is 0 Å². The number of rotatable bonds is 6. The van der Waals surface area contributed by atoms with Crippen LogP contribution in [0.1, 0.15) is 35.0 Å². The first-order valence-electron chi connectivity index (χ1n) is 7.50. The third-order valence-electron chi connectivity index (χ3n) is 3.73. The van der Waals surface area contributed by atoms with Crippen LogP contribution < -0.4 is 5.32 Å². The van der Waals surface area contributed by atoms with Gasteiger partial charge >= 0.3 is 5.97 Å². The van der Waals surface area contributed by atoms with Crippen molar-refractivity contribution in [2.75, 3.05) is 6.54 Å². The number of carboxylic acid groups (broad SMARTS) is 1. The number of aromatic nitrogens is 2. The fourth-order valence-corrected chi connectivity index (χ4v) is 2.41. The molecule has 0 radical (unpaired) electrons. The molecule has 1 amide bonds. The van der Waals surface area contributed by atoms with Gasteiger partial charge in [0.05, 0.1) is 23.1 Å². The number of aryl methyl sites for hydroxylation is 1. The van der Waals surface area contributed by atoms with E-state index < -0.39 is 5.97 Å². The van der Waals surface area contributed by atoms with Gasteiger partial charge in [0.25, 0.3) is 5.91 Å². The predicted octanol–water partition coefficient (Wildman–Crippen LogP) is 2.33. The van der Waals surface area contributed by atoms with E-state index in [0.717, 1.165) is 16.9 Å². The zero-order chi connectivity index (χ0) is 17.0. The molecule has 0 bridgehead atoms. The van der Waals surface area contributed by atoms with Gasteiger partial charge in [-0.2, -0.15) is 5.10 Å². The molecule has 0 saturated heterocycles. The van der Waals surface area contributed by atoms with Crippen molar-refractivity contribution < 1.29 is 14.7 Å². The van der Waals surface area contributed by atoms with Crippen LogP contribution >= 0.6 is 0 Å². The minimum absolute atomic E-state index is 0.0295. The molecule has 0 fully saturated rings. The zero-order valence-corrected chi connectivity index (χ0v) is 13.5. The summed E-state index contributed by atoms with van der Waals surface area (Å²) in [5, 5.41) is 15.8. The Morgan fingerprint density at radius 2 is 2.00 bits per heavy atom. The lowest BCUT2D eigenvalue weighted by atomic mass is 10.1. The molecule has 1 atom stereocenters. The van der Waals surface area contributed by atoms with Gasteiger partial charge in [0.1, 0.15) is 0 Å². The quantitative estimate of drug-likeness (QED) is 0.857. The molecule has 0 aliphatic heterocycles. The highest BCUT2D eigenvalue weighted by molar-refractivity contribution is 5.95. The van der Waals surface area contributed by atoms with Crippen molar-refractivity contribution in [1.82, 2.24) is 15.1 Å². The van der Waals surface area contributed by atoms with E-state index in [1.165, 1.54) is 0 Å². The minimum atomic E-state index is -0.865. The summed E-state index contributed by atoms with van der Waals surface area (Å²) >= 11 is 0. The molecule has 0 saturated carbocycles. The summed E-state index contributed by atoms with van der Waals surface area (Å²) in [6.45, 7) is 5.94. The van der Waals surface area contributed by atoms with Crippen molar-refractivity contribution in [2.45, 2.75) is 27.2 Å². The maximum absolute atomic E-state index is 12.3. The summed E-state index contributed by atoms with van der Waals surface area (Å²) in [6, 6.07) is 7.82. The number of aliphatic carboxylic acids is 1. The smallest absolute Gasteiger partial charge is 0.303 e. The SMILES string of the molecule is Cc1ccccc1-n1ncc(C(=O)NC[C@H](C)CC(=O)O)c1C. The van der Waals surface area contributed by atoms with Gasteiger partial charge in [-0.25, -0.2) is 4.68 Å². The third kappa shape index (κ3) is 3.97. The highest BCUT2D eigenvalue weighted by Crippen LogP contribution is 2.17. The molecule has 1 heterocycles. The molecule has 6 nitrogen and oxygen atoms in total. The monoisotopic (exact) mass is 315 g/mol. The lowest BCUT2D eigenvalue weighted by Crippen LogP contribution is -2.29. The summed E-state index contributed by atoms with van der Waals surface area (Å²) in [5.41, 5.74) is 3.25. The Balaban J connectivity index is 2.11. The van der Waals surface area contributed by atoms with Crippen LogP contribution in [-0.2, 0) is 4.79 Å². The van der Waals surface area contributed by atoms with Gasteiger partial charge in [-0.3, -0.25) is 9.59 Å². The second-order valence-corrected chi connectivity index (χ2v) is 5.76. The molecule has 1 aromatic heterocycles. The van der Waals surface area contributed by atoms with Crippen molar-refractivity contribution in [3.8, 4) is 5.69 Å². The van der Waals surface area contributed by atoms with Crippen LogP contribution in [0.4, 0.5) is 0 Å². The summed E-state index contributed by atoms with van der Waals surface area (Å²) in [4.78, 5) is 22.9. The average molecular weight is 315 g/mol. The Morgan fingerprint density at radius 3 is 2.65 bits per heavy atom. The Hall–Kier alpha value is -2.63. The molecule has 2 rings (SSSR count). The third-order valence-corrected chi connectivity index (χ3v) is 3.73. The van der Waals surface area contributed by atoms with E-state index in [9.17, 15) is 9.59 Å². The van der Waals surface area contributed by atoms with E-state index in [2.05, 4.69) is 10.4 Å². The van der Waals surface area contributed by atoms with Gasteiger partial charge in [0, 0.05) is 13.0 Å². The van der Waals surface area contributed by atoms with Crippen LogP contribution in [0, 0.1) is 19.8 Å². The van der Waals surface area contributed by atoms with E-state index in [4.69, 9.17) is 5.11 Å². The van der Waals surface area contributed by atoms with Crippen LogP contribution in [0.15, 0.2) is 30.5 Å². The first-order valence-corrected chi connectivity index (χ1v) is 7.50. The van der Waals surface area contributed by atoms with E-state index in [0.29, 0.717) is 12.1 Å². The number of benzene rings is 1. The molecule has 122 valence electrons. The number of hydrogen-bond donors (Lipinski definition) is 2. The molecule has 0 aliphatic rings. The highest BCUT2D eigenvalue weighted by atomic mass is 16.4. The Morgan fingerprint density at radius 1 is 1.30 bits per heavy atom. The first kappa shape index (κ1) is 16.7. The van der Waals surface area contributed by atoms with Gasteiger partial charge in [-0.05, 0) is 31.4 Å². The van der Waals surface area contributed by atoms with E-state index in [1.54, 1.807) is 17.8 Å². The average Bonchev–Trinajstić information content (AvgIpc) is 2.86. The molecule has 1 aromatic carbocycles. The summed E-state index contributed by atoms with van der Waals surface area (Å²) in [7, 11) is 0. The number of nitrogens with one attached hydrogen (secondary N) is 1. The molecule has 0 spiro atoms. The van der Waals surface area contributed by atoms with Crippen LogP contribution in [0.5, 0.6) is 0 Å². The number of carbonyl (C=O) groups excluding carboxylic acids is 1. The molecule has 23 heavy (non-hydrogen) atoms. The summed E-state index contributed by atoms with van der Waals surface area (Å²) < 4.78 is 1.74. The number of carboxylic acids is 1. The number of para-hydroxylation sites is 1. The molecule has 6 heteroatoms. The van der Waals surface area contributed by atoms with Gasteiger partial charge in [-0.15, -0.1) is 0 Å². The van der Waals surface area contributed by atoms with Gasteiger partial charge < -0.3 is 10.4 Å². The lowest BCUT2D eigenvalue weighted by molar-refractivity contribution is -0.137. The van der Waals surface area contributed by atoms with E-state index in [1.807, 2.05) is 38.1 Å². The lowest BCUT2D eigenvalue weighted by Gasteiger charge is -2.11. The summed E-state index contributed by atoms with van der Waals surface area (Å²) in [6.07, 6.45) is 1.57. The molecular weight excluding hydrogens is 294 g/mol. The van der Waals surface area contributed by atoms with Crippen LogP contribution in [0.3, 0.4) is 0 Å². The zero-order valence-electron chi connectivity index (χ0n) is 13.5. The van der Waals surface area contributed by atoms with E-state index >= 15 is 0 Å². The Labute approximate surface area is 135 Å². The van der Waals surface area contributed by atoms with Crippen LogP contribution in [0.2, 0.25) is 0 Å². The first-order chi connectivity index (χ1) is 10.9. The van der Waals surface area contributed by atoms with Gasteiger partial charge in [0.15, 0.2) is 0 Å². The Bertz CT molecular complexity index is 722. The molecule has 0 unspecified atom stereocenters. The van der Waals surface area contributed by atoms with Crippen molar-refractivity contribution >= 4 is 11.9 Å². The van der Waals surface area contributed by atoms with Gasteiger partial charge in [-0.1, -0.05) is 25.1 Å². The maximum atomic E-state index is 12.3. The normalized spacial score (nSPS) is 12.0. The largest absolute Gasteiger partial charge is 0.481 e. The van der Waals surface area contributed by atoms with Crippen LogP contribution in [-0.4, -0.2) is 33.3 Å². The topological polar surface area (TPSA) is 84.2 Å². The predicted molar refractivity (Wildman–Crippen MR) is 86.8 cm³/mol. The molecule has 0 aliphatic carbocycles. The number of carbonyl (C=O) groups is 2. The number of hydrogen-bond acceptors (Lipinski definition) is 3. The van der Waals surface area contributed by atoms with Crippen molar-refractivity contribution in [2.24, 2.45) is 5.92 Å². The van der Waals surface area contributed by atoms with Crippen molar-refractivity contribution in [3.05, 3.63) is 47.3 Å². The van der Waals surface area contributed by atoms with Crippen LogP contribution in [0.25, 0.3) is 5.69 Å². The second-order valence-electron chi connectivity index (χ2n) is 5.76.